The van der Waals surface area contributed by atoms with E-state index in [9.17, 15) is 12.8 Å². The van der Waals surface area contributed by atoms with Crippen LogP contribution >= 0.6 is 0 Å². The van der Waals surface area contributed by atoms with Crippen LogP contribution in [-0.2, 0) is 10.0 Å². The average molecular weight is 288 g/mol. The van der Waals surface area contributed by atoms with E-state index in [1.165, 1.54) is 22.5 Å². The van der Waals surface area contributed by atoms with Crippen molar-refractivity contribution in [2.75, 3.05) is 17.4 Å². The molecule has 108 valence electrons. The molecule has 0 aliphatic carbocycles. The Morgan fingerprint density at radius 1 is 1.32 bits per heavy atom. The number of benzene rings is 1. The van der Waals surface area contributed by atoms with Crippen LogP contribution in [0.3, 0.4) is 0 Å². The number of rotatable bonds is 5. The lowest BCUT2D eigenvalue weighted by molar-refractivity contribution is 0.553. The van der Waals surface area contributed by atoms with E-state index in [2.05, 4.69) is 0 Å². The van der Waals surface area contributed by atoms with Crippen LogP contribution < -0.4 is 10.0 Å². The Morgan fingerprint density at radius 2 is 1.95 bits per heavy atom. The van der Waals surface area contributed by atoms with Crippen molar-refractivity contribution in [3.63, 3.8) is 0 Å². The number of hydrogen-bond acceptors (Lipinski definition) is 3. The molecule has 2 N–H and O–H groups in total. The van der Waals surface area contributed by atoms with E-state index >= 15 is 0 Å². The molecule has 0 saturated carbocycles. The molecule has 19 heavy (non-hydrogen) atoms. The summed E-state index contributed by atoms with van der Waals surface area (Å²) in [5.41, 5.74) is 5.78. The molecule has 1 aromatic rings. The highest BCUT2D eigenvalue weighted by Crippen LogP contribution is 2.27. The van der Waals surface area contributed by atoms with Crippen LogP contribution in [-0.4, -0.2) is 26.3 Å². The summed E-state index contributed by atoms with van der Waals surface area (Å²) >= 11 is 0. The van der Waals surface area contributed by atoms with Crippen molar-refractivity contribution in [1.82, 2.24) is 0 Å². The van der Waals surface area contributed by atoms with E-state index in [1.807, 2.05) is 0 Å². The van der Waals surface area contributed by atoms with Gasteiger partial charge in [-0.1, -0.05) is 6.07 Å². The zero-order valence-electron chi connectivity index (χ0n) is 11.6. The van der Waals surface area contributed by atoms with E-state index in [0.29, 0.717) is 18.7 Å². The molecule has 0 spiro atoms. The van der Waals surface area contributed by atoms with Gasteiger partial charge in [-0.2, -0.15) is 0 Å². The Labute approximate surface area is 114 Å². The minimum Gasteiger partial charge on any atom is -0.330 e. The summed E-state index contributed by atoms with van der Waals surface area (Å²) in [6.45, 7) is 5.50. The number of hydrogen-bond donors (Lipinski definition) is 1. The van der Waals surface area contributed by atoms with Gasteiger partial charge in [0.25, 0.3) is 0 Å². The maximum Gasteiger partial charge on any atom is 0.240 e. The lowest BCUT2D eigenvalue weighted by Gasteiger charge is -2.31. The molecule has 6 heteroatoms. The number of nitrogens with two attached hydrogens (primary N) is 1. The highest BCUT2D eigenvalue weighted by Gasteiger charge is 2.35. The quantitative estimate of drug-likeness (QED) is 0.902. The van der Waals surface area contributed by atoms with Crippen LogP contribution in [0.1, 0.15) is 27.2 Å². The molecule has 0 aliphatic heterocycles. The van der Waals surface area contributed by atoms with E-state index in [-0.39, 0.29) is 6.54 Å². The molecule has 0 bridgehead atoms. The van der Waals surface area contributed by atoms with Crippen molar-refractivity contribution >= 4 is 15.7 Å². The molecule has 0 saturated heterocycles. The predicted octanol–water partition coefficient (Wildman–Crippen LogP) is 2.11. The molecule has 0 aliphatic rings. The van der Waals surface area contributed by atoms with Gasteiger partial charge in [-0.15, -0.1) is 0 Å². The van der Waals surface area contributed by atoms with E-state index in [0.717, 1.165) is 0 Å². The smallest absolute Gasteiger partial charge is 0.240 e. The fourth-order valence-corrected chi connectivity index (χ4v) is 3.01. The molecule has 0 aromatic heterocycles. The third kappa shape index (κ3) is 3.67. The molecule has 4 nitrogen and oxygen atoms in total. The standard InChI is InChI=1S/C13H21FN2O2S/c1-13(2,3)19(17,18)16(9-5-8-15)12-7-4-6-11(14)10-12/h4,6-7,10H,5,8-9,15H2,1-3H3. The van der Waals surface area contributed by atoms with Gasteiger partial charge < -0.3 is 5.73 Å². The molecular weight excluding hydrogens is 267 g/mol. The van der Waals surface area contributed by atoms with E-state index in [4.69, 9.17) is 5.73 Å². The second-order valence-corrected chi connectivity index (χ2v) is 7.93. The first-order valence-electron chi connectivity index (χ1n) is 6.18. The molecule has 0 fully saturated rings. The van der Waals surface area contributed by atoms with E-state index < -0.39 is 20.6 Å². The molecule has 0 radical (unpaired) electrons. The summed E-state index contributed by atoms with van der Waals surface area (Å²) in [7, 11) is -3.57. The molecule has 0 amide bonds. The van der Waals surface area contributed by atoms with Crippen molar-refractivity contribution in [2.24, 2.45) is 5.73 Å². The Kier molecular flexibility index (Phi) is 4.92. The minimum atomic E-state index is -3.57. The molecule has 0 unspecified atom stereocenters. The number of halogens is 1. The Bertz CT molecular complexity index is 524. The molecule has 1 aromatic carbocycles. The Hall–Kier alpha value is -1.14. The van der Waals surface area contributed by atoms with Crippen LogP contribution in [0.15, 0.2) is 24.3 Å². The summed E-state index contributed by atoms with van der Waals surface area (Å²) < 4.78 is 38.6. The predicted molar refractivity (Wildman–Crippen MR) is 76.1 cm³/mol. The zero-order chi connectivity index (χ0) is 14.7. The normalized spacial score (nSPS) is 12.5. The van der Waals surface area contributed by atoms with Gasteiger partial charge in [0.1, 0.15) is 5.82 Å². The maximum atomic E-state index is 13.3. The van der Waals surface area contributed by atoms with Gasteiger partial charge in [0.15, 0.2) is 0 Å². The van der Waals surface area contributed by atoms with Gasteiger partial charge in [0, 0.05) is 6.54 Å². The van der Waals surface area contributed by atoms with Crippen molar-refractivity contribution < 1.29 is 12.8 Å². The Balaban J connectivity index is 3.23. The van der Waals surface area contributed by atoms with Gasteiger partial charge in [0.05, 0.1) is 10.4 Å². The van der Waals surface area contributed by atoms with Crippen LogP contribution in [0.2, 0.25) is 0 Å². The molecule has 1 rings (SSSR count). The second kappa shape index (κ2) is 5.88. The van der Waals surface area contributed by atoms with Gasteiger partial charge in [-0.05, 0) is 51.9 Å². The molecule has 0 heterocycles. The van der Waals surface area contributed by atoms with Gasteiger partial charge in [-0.25, -0.2) is 12.8 Å². The van der Waals surface area contributed by atoms with Crippen molar-refractivity contribution in [3.8, 4) is 0 Å². The highest BCUT2D eigenvalue weighted by molar-refractivity contribution is 7.94. The topological polar surface area (TPSA) is 63.4 Å². The van der Waals surface area contributed by atoms with Gasteiger partial charge in [0.2, 0.25) is 10.0 Å². The van der Waals surface area contributed by atoms with Crippen molar-refractivity contribution in [2.45, 2.75) is 31.9 Å². The van der Waals surface area contributed by atoms with Crippen LogP contribution in [0.5, 0.6) is 0 Å². The summed E-state index contributed by atoms with van der Waals surface area (Å²) in [6.07, 6.45) is 0.520. The fraction of sp³-hybridized carbons (Fsp3) is 0.538. The second-order valence-electron chi connectivity index (χ2n) is 5.31. The summed E-state index contributed by atoms with van der Waals surface area (Å²) in [6, 6.07) is 5.59. The summed E-state index contributed by atoms with van der Waals surface area (Å²) in [4.78, 5) is 0. The maximum absolute atomic E-state index is 13.3. The van der Waals surface area contributed by atoms with Crippen LogP contribution in [0.25, 0.3) is 0 Å². The fourth-order valence-electron chi connectivity index (χ4n) is 1.58. The van der Waals surface area contributed by atoms with Crippen molar-refractivity contribution in [3.05, 3.63) is 30.1 Å². The van der Waals surface area contributed by atoms with E-state index in [1.54, 1.807) is 26.8 Å². The number of anilines is 1. The first-order valence-corrected chi connectivity index (χ1v) is 7.62. The monoisotopic (exact) mass is 288 g/mol. The molecule has 0 atom stereocenters. The SMILES string of the molecule is CC(C)(C)S(=O)(=O)N(CCCN)c1cccc(F)c1. The first-order chi connectivity index (χ1) is 8.70. The first kappa shape index (κ1) is 15.9. The number of nitrogens with zero attached hydrogens (tertiary/aromatic N) is 1. The molecular formula is C13H21FN2O2S. The lowest BCUT2D eigenvalue weighted by Crippen LogP contribution is -2.44. The summed E-state index contributed by atoms with van der Waals surface area (Å²) in [5, 5.41) is 0. The van der Waals surface area contributed by atoms with Crippen molar-refractivity contribution in [1.29, 1.82) is 0 Å². The lowest BCUT2D eigenvalue weighted by atomic mass is 10.3. The zero-order valence-corrected chi connectivity index (χ0v) is 12.4. The highest BCUT2D eigenvalue weighted by atomic mass is 32.2. The minimum absolute atomic E-state index is 0.250. The largest absolute Gasteiger partial charge is 0.330 e. The van der Waals surface area contributed by atoms with Gasteiger partial charge in [-0.3, -0.25) is 4.31 Å². The van der Waals surface area contributed by atoms with Crippen LogP contribution in [0.4, 0.5) is 10.1 Å². The number of sulfonamides is 1. The Morgan fingerprint density at radius 3 is 2.42 bits per heavy atom. The summed E-state index contributed by atoms with van der Waals surface area (Å²) in [5.74, 6) is -0.459. The third-order valence-corrected chi connectivity index (χ3v) is 5.25. The van der Waals surface area contributed by atoms with Crippen LogP contribution in [0, 0.1) is 5.82 Å². The van der Waals surface area contributed by atoms with Gasteiger partial charge >= 0.3 is 0 Å². The average Bonchev–Trinajstić information content (AvgIpc) is 2.28. The third-order valence-electron chi connectivity index (χ3n) is 2.73.